The van der Waals surface area contributed by atoms with E-state index in [1.165, 1.54) is 45.9 Å². The van der Waals surface area contributed by atoms with Crippen molar-refractivity contribution >= 4 is 63.0 Å². The lowest BCUT2D eigenvalue weighted by Gasteiger charge is -2.10. The van der Waals surface area contributed by atoms with Crippen LogP contribution in [-0.2, 0) is 0 Å². The molecule has 1 N–H and O–H groups in total. The van der Waals surface area contributed by atoms with Crippen LogP contribution in [0.2, 0.25) is 0 Å². The van der Waals surface area contributed by atoms with Gasteiger partial charge in [0.05, 0.1) is 0 Å². The van der Waals surface area contributed by atoms with Gasteiger partial charge in [0.25, 0.3) is 0 Å². The number of rotatable bonds is 2. The number of benzene rings is 5. The molecule has 0 saturated heterocycles. The predicted octanol–water partition coefficient (Wildman–Crippen LogP) is 9.46. The zero-order chi connectivity index (χ0) is 21.9. The summed E-state index contributed by atoms with van der Waals surface area (Å²) in [6.45, 7) is 0. The van der Waals surface area contributed by atoms with Crippen molar-refractivity contribution in [2.75, 3.05) is 0 Å². The van der Waals surface area contributed by atoms with E-state index in [0.29, 0.717) is 5.75 Å². The second-order valence-corrected chi connectivity index (χ2v) is 10.4. The smallest absolute Gasteiger partial charge is 0.123 e. The first kappa shape index (κ1) is 18.9. The van der Waals surface area contributed by atoms with E-state index in [2.05, 4.69) is 91.0 Å². The Morgan fingerprint density at radius 1 is 0.455 bits per heavy atom. The molecule has 0 aliphatic heterocycles. The zero-order valence-corrected chi connectivity index (χ0v) is 19.2. The number of hydrogen-bond donors (Lipinski definition) is 1. The number of aromatic hydroxyl groups is 1. The fraction of sp³-hybridized carbons (Fsp3) is 0. The number of fused-ring (bicyclic) bond motifs is 6. The van der Waals surface area contributed by atoms with Gasteiger partial charge >= 0.3 is 0 Å². The Morgan fingerprint density at radius 3 is 1.67 bits per heavy atom. The first-order valence-corrected chi connectivity index (χ1v) is 12.6. The Bertz CT molecular complexity index is 1840. The van der Waals surface area contributed by atoms with Crippen LogP contribution in [-0.4, -0.2) is 5.11 Å². The van der Waals surface area contributed by atoms with Gasteiger partial charge in [-0.2, -0.15) is 0 Å². The Hall–Kier alpha value is -3.66. The molecule has 5 aromatic carbocycles. The molecule has 0 radical (unpaired) electrons. The lowest BCUT2D eigenvalue weighted by atomic mass is 9.96. The van der Waals surface area contributed by atoms with Gasteiger partial charge in [-0.3, -0.25) is 0 Å². The molecule has 1 nitrogen and oxygen atoms in total. The molecule has 0 bridgehead atoms. The molecule has 0 atom stereocenters. The van der Waals surface area contributed by atoms with E-state index < -0.39 is 0 Å². The Morgan fingerprint density at radius 2 is 1.00 bits per heavy atom. The molecule has 2 heterocycles. The summed E-state index contributed by atoms with van der Waals surface area (Å²) < 4.78 is 5.07. The van der Waals surface area contributed by atoms with E-state index in [9.17, 15) is 5.11 Å². The molecule has 0 aliphatic rings. The lowest BCUT2D eigenvalue weighted by molar-refractivity contribution is 0.477. The fourth-order valence-electron chi connectivity index (χ4n) is 4.85. The van der Waals surface area contributed by atoms with Crippen LogP contribution in [0.25, 0.3) is 62.6 Å². The molecule has 0 saturated carbocycles. The maximum absolute atomic E-state index is 10.9. The summed E-state index contributed by atoms with van der Waals surface area (Å²) in [7, 11) is 0. The van der Waals surface area contributed by atoms with Crippen LogP contribution < -0.4 is 0 Å². The quantitative estimate of drug-likeness (QED) is 0.273. The standard InChI is InChI=1S/C30H18OS2/c31-26-16-15-18(19-9-5-10-22-20-7-1-3-13-27(20)32-29(19)22)17-25(26)24-12-6-11-23-21-8-2-4-14-28(21)33-30(23)24/h1-17,31H. The van der Waals surface area contributed by atoms with E-state index in [-0.39, 0.29) is 0 Å². The van der Waals surface area contributed by atoms with E-state index in [1.807, 2.05) is 23.5 Å². The first-order valence-electron chi connectivity index (χ1n) is 10.9. The second-order valence-electron chi connectivity index (χ2n) is 8.29. The summed E-state index contributed by atoms with van der Waals surface area (Å²) in [6.07, 6.45) is 0. The summed E-state index contributed by atoms with van der Waals surface area (Å²) in [5, 5.41) is 16.0. The summed E-state index contributed by atoms with van der Waals surface area (Å²) in [6, 6.07) is 36.0. The molecular weight excluding hydrogens is 440 g/mol. The van der Waals surface area contributed by atoms with Crippen LogP contribution in [0.1, 0.15) is 0 Å². The minimum Gasteiger partial charge on any atom is -0.507 e. The Kier molecular flexibility index (Phi) is 4.10. The van der Waals surface area contributed by atoms with Gasteiger partial charge < -0.3 is 5.11 Å². The molecule has 0 unspecified atom stereocenters. The van der Waals surface area contributed by atoms with Gasteiger partial charge in [-0.25, -0.2) is 0 Å². The van der Waals surface area contributed by atoms with Crippen molar-refractivity contribution in [3.05, 3.63) is 103 Å². The Labute approximate surface area is 198 Å². The maximum Gasteiger partial charge on any atom is 0.123 e. The summed E-state index contributed by atoms with van der Waals surface area (Å²) in [5.41, 5.74) is 4.29. The van der Waals surface area contributed by atoms with Crippen molar-refractivity contribution in [2.24, 2.45) is 0 Å². The highest BCUT2D eigenvalue weighted by molar-refractivity contribution is 7.26. The summed E-state index contributed by atoms with van der Waals surface area (Å²) in [4.78, 5) is 0. The molecule has 0 amide bonds. The van der Waals surface area contributed by atoms with Crippen molar-refractivity contribution in [1.82, 2.24) is 0 Å². The van der Waals surface area contributed by atoms with E-state index in [1.54, 1.807) is 11.3 Å². The largest absolute Gasteiger partial charge is 0.507 e. The highest BCUT2D eigenvalue weighted by Crippen LogP contribution is 2.45. The van der Waals surface area contributed by atoms with Crippen molar-refractivity contribution in [1.29, 1.82) is 0 Å². The van der Waals surface area contributed by atoms with Gasteiger partial charge in [-0.1, -0.05) is 78.9 Å². The molecule has 0 aliphatic carbocycles. The van der Waals surface area contributed by atoms with Gasteiger partial charge in [0.15, 0.2) is 0 Å². The van der Waals surface area contributed by atoms with Crippen molar-refractivity contribution in [3.63, 3.8) is 0 Å². The van der Waals surface area contributed by atoms with Crippen LogP contribution in [0.15, 0.2) is 103 Å². The number of thiophene rings is 2. The van der Waals surface area contributed by atoms with Crippen LogP contribution in [0.5, 0.6) is 5.75 Å². The normalized spacial score (nSPS) is 11.8. The van der Waals surface area contributed by atoms with Gasteiger partial charge in [-0.05, 0) is 35.4 Å². The average molecular weight is 459 g/mol. The monoisotopic (exact) mass is 458 g/mol. The molecule has 7 aromatic rings. The maximum atomic E-state index is 10.9. The van der Waals surface area contributed by atoms with Gasteiger partial charge in [0.1, 0.15) is 5.75 Å². The van der Waals surface area contributed by atoms with Gasteiger partial charge in [0, 0.05) is 51.5 Å². The number of hydrogen-bond acceptors (Lipinski definition) is 3. The number of phenols is 1. The lowest BCUT2D eigenvalue weighted by Crippen LogP contribution is -1.84. The molecule has 0 spiro atoms. The minimum atomic E-state index is 0.312. The third-order valence-corrected chi connectivity index (χ3v) is 8.85. The summed E-state index contributed by atoms with van der Waals surface area (Å²) >= 11 is 3.62. The molecular formula is C30H18OS2. The molecule has 2 aromatic heterocycles. The van der Waals surface area contributed by atoms with E-state index in [4.69, 9.17) is 0 Å². The van der Waals surface area contributed by atoms with Crippen LogP contribution in [0, 0.1) is 0 Å². The van der Waals surface area contributed by atoms with Crippen LogP contribution in [0.3, 0.4) is 0 Å². The predicted molar refractivity (Wildman–Crippen MR) is 145 cm³/mol. The highest BCUT2D eigenvalue weighted by atomic mass is 32.1. The van der Waals surface area contributed by atoms with Crippen molar-refractivity contribution < 1.29 is 5.11 Å². The fourth-order valence-corrected chi connectivity index (χ4v) is 7.32. The molecule has 33 heavy (non-hydrogen) atoms. The molecule has 3 heteroatoms. The van der Waals surface area contributed by atoms with Crippen molar-refractivity contribution in [2.45, 2.75) is 0 Å². The minimum absolute atomic E-state index is 0.312. The van der Waals surface area contributed by atoms with Gasteiger partial charge in [0.2, 0.25) is 0 Å². The highest BCUT2D eigenvalue weighted by Gasteiger charge is 2.15. The summed E-state index contributed by atoms with van der Waals surface area (Å²) in [5.74, 6) is 0.312. The SMILES string of the molecule is Oc1ccc(-c2cccc3c2sc2ccccc23)cc1-c1cccc2c1sc1ccccc12. The zero-order valence-electron chi connectivity index (χ0n) is 17.6. The third kappa shape index (κ3) is 2.83. The van der Waals surface area contributed by atoms with Crippen LogP contribution in [0.4, 0.5) is 0 Å². The number of phenolic OH excluding ortho intramolecular Hbond substituents is 1. The van der Waals surface area contributed by atoms with Crippen molar-refractivity contribution in [3.8, 4) is 28.0 Å². The van der Waals surface area contributed by atoms with E-state index >= 15 is 0 Å². The first-order chi connectivity index (χ1) is 16.3. The second kappa shape index (κ2) is 7.17. The van der Waals surface area contributed by atoms with Crippen LogP contribution >= 0.6 is 22.7 Å². The van der Waals surface area contributed by atoms with Gasteiger partial charge in [-0.15, -0.1) is 22.7 Å². The third-order valence-electron chi connectivity index (χ3n) is 6.41. The van der Waals surface area contributed by atoms with E-state index in [0.717, 1.165) is 16.7 Å². The molecule has 7 rings (SSSR count). The molecule has 156 valence electrons. The topological polar surface area (TPSA) is 20.2 Å². The molecule has 0 fully saturated rings. The Balaban J connectivity index is 1.48. The average Bonchev–Trinajstić information content (AvgIpc) is 3.43.